The SMILES string of the molecule is COc1ccc(CO/N=C(/c2ccc(OC)cc2)[C@H]2C[C@H]2c2ccc3c(c2)OCO3)cc1. The number of ether oxygens (including phenoxy) is 4. The molecule has 3 aromatic carbocycles. The average molecular weight is 431 g/mol. The first-order chi connectivity index (χ1) is 15.7. The monoisotopic (exact) mass is 431 g/mol. The number of methoxy groups -OCH3 is 2. The van der Waals surface area contributed by atoms with Crippen LogP contribution in [0.1, 0.15) is 29.0 Å². The van der Waals surface area contributed by atoms with Gasteiger partial charge in [-0.05, 0) is 77.6 Å². The number of nitrogens with zero attached hydrogens (tertiary/aromatic N) is 1. The number of rotatable bonds is 8. The summed E-state index contributed by atoms with van der Waals surface area (Å²) >= 11 is 0. The maximum absolute atomic E-state index is 5.80. The third-order valence-corrected chi connectivity index (χ3v) is 5.91. The standard InChI is InChI=1S/C26H25NO5/c1-28-20-8-3-17(4-9-20)15-32-27-26(18-5-10-21(29-2)11-6-18)23-14-22(23)19-7-12-24-25(13-19)31-16-30-24/h3-13,22-23H,14-16H2,1-2H3/b27-26-/t22-,23-/m0/s1. The Bertz CT molecular complexity index is 1110. The Morgan fingerprint density at radius 3 is 2.28 bits per heavy atom. The van der Waals surface area contributed by atoms with E-state index in [2.05, 4.69) is 17.3 Å². The Balaban J connectivity index is 1.35. The van der Waals surface area contributed by atoms with E-state index in [1.807, 2.05) is 54.6 Å². The van der Waals surface area contributed by atoms with E-state index in [9.17, 15) is 0 Å². The van der Waals surface area contributed by atoms with Crippen LogP contribution in [0.4, 0.5) is 0 Å². The van der Waals surface area contributed by atoms with Gasteiger partial charge in [0.2, 0.25) is 6.79 Å². The summed E-state index contributed by atoms with van der Waals surface area (Å²) < 4.78 is 21.5. The molecule has 6 nitrogen and oxygen atoms in total. The molecule has 1 fully saturated rings. The van der Waals surface area contributed by atoms with Crippen molar-refractivity contribution in [3.05, 3.63) is 83.4 Å². The largest absolute Gasteiger partial charge is 0.497 e. The van der Waals surface area contributed by atoms with Gasteiger partial charge in [0.15, 0.2) is 11.5 Å². The second-order valence-corrected chi connectivity index (χ2v) is 7.89. The number of oxime groups is 1. The molecule has 6 heteroatoms. The highest BCUT2D eigenvalue weighted by atomic mass is 16.7. The van der Waals surface area contributed by atoms with E-state index in [1.54, 1.807) is 14.2 Å². The fourth-order valence-corrected chi connectivity index (χ4v) is 4.00. The zero-order chi connectivity index (χ0) is 21.9. The lowest BCUT2D eigenvalue weighted by Crippen LogP contribution is -2.07. The van der Waals surface area contributed by atoms with Gasteiger partial charge < -0.3 is 23.8 Å². The minimum absolute atomic E-state index is 0.277. The van der Waals surface area contributed by atoms with E-state index in [1.165, 1.54) is 5.56 Å². The molecule has 1 aliphatic carbocycles. The van der Waals surface area contributed by atoms with Crippen molar-refractivity contribution in [3.8, 4) is 23.0 Å². The van der Waals surface area contributed by atoms with Crippen molar-refractivity contribution in [1.82, 2.24) is 0 Å². The highest BCUT2D eigenvalue weighted by molar-refractivity contribution is 6.04. The van der Waals surface area contributed by atoms with Gasteiger partial charge in [0.05, 0.1) is 19.9 Å². The summed E-state index contributed by atoms with van der Waals surface area (Å²) in [7, 11) is 3.32. The summed E-state index contributed by atoms with van der Waals surface area (Å²) in [5.41, 5.74) is 4.25. The molecule has 0 spiro atoms. The Hall–Kier alpha value is -3.67. The van der Waals surface area contributed by atoms with Crippen LogP contribution in [0.15, 0.2) is 71.9 Å². The van der Waals surface area contributed by atoms with Crippen LogP contribution in [-0.4, -0.2) is 26.7 Å². The van der Waals surface area contributed by atoms with Gasteiger partial charge in [-0.3, -0.25) is 0 Å². The molecule has 0 amide bonds. The minimum Gasteiger partial charge on any atom is -0.497 e. The predicted molar refractivity (Wildman–Crippen MR) is 121 cm³/mol. The molecular weight excluding hydrogens is 406 g/mol. The quantitative estimate of drug-likeness (QED) is 0.364. The van der Waals surface area contributed by atoms with Gasteiger partial charge in [-0.2, -0.15) is 0 Å². The molecule has 0 bridgehead atoms. The molecule has 0 unspecified atom stereocenters. The van der Waals surface area contributed by atoms with Gasteiger partial charge in [-0.25, -0.2) is 0 Å². The average Bonchev–Trinajstić information content (AvgIpc) is 3.49. The smallest absolute Gasteiger partial charge is 0.231 e. The van der Waals surface area contributed by atoms with E-state index in [0.29, 0.717) is 12.5 Å². The molecule has 164 valence electrons. The zero-order valence-corrected chi connectivity index (χ0v) is 18.1. The van der Waals surface area contributed by atoms with Gasteiger partial charge in [0.1, 0.15) is 18.1 Å². The fraction of sp³-hybridized carbons (Fsp3) is 0.269. The second kappa shape index (κ2) is 8.83. The molecule has 2 aliphatic rings. The van der Waals surface area contributed by atoms with Gasteiger partial charge in [-0.15, -0.1) is 0 Å². The summed E-state index contributed by atoms with van der Waals surface area (Å²) in [6, 6.07) is 21.9. The van der Waals surface area contributed by atoms with Crippen LogP contribution in [-0.2, 0) is 11.4 Å². The van der Waals surface area contributed by atoms with Crippen LogP contribution in [0.25, 0.3) is 0 Å². The molecule has 1 saturated carbocycles. The zero-order valence-electron chi connectivity index (χ0n) is 18.1. The summed E-state index contributed by atoms with van der Waals surface area (Å²) in [4.78, 5) is 5.80. The van der Waals surface area contributed by atoms with Gasteiger partial charge in [-0.1, -0.05) is 23.4 Å². The van der Waals surface area contributed by atoms with E-state index in [-0.39, 0.29) is 12.7 Å². The van der Waals surface area contributed by atoms with Crippen LogP contribution in [0.3, 0.4) is 0 Å². The predicted octanol–water partition coefficient (Wildman–Crippen LogP) is 5.16. The van der Waals surface area contributed by atoms with Crippen molar-refractivity contribution in [1.29, 1.82) is 0 Å². The van der Waals surface area contributed by atoms with Crippen molar-refractivity contribution in [2.45, 2.75) is 18.9 Å². The van der Waals surface area contributed by atoms with Crippen LogP contribution >= 0.6 is 0 Å². The highest BCUT2D eigenvalue weighted by Gasteiger charge is 2.43. The second-order valence-electron chi connectivity index (χ2n) is 7.89. The van der Waals surface area contributed by atoms with Crippen LogP contribution < -0.4 is 18.9 Å². The molecule has 0 N–H and O–H groups in total. The third-order valence-electron chi connectivity index (χ3n) is 5.91. The maximum atomic E-state index is 5.80. The molecule has 0 radical (unpaired) electrons. The molecule has 0 saturated heterocycles. The first-order valence-corrected chi connectivity index (χ1v) is 10.6. The summed E-state index contributed by atoms with van der Waals surface area (Å²) in [5.74, 6) is 3.90. The first-order valence-electron chi connectivity index (χ1n) is 10.6. The summed E-state index contributed by atoms with van der Waals surface area (Å²) in [5, 5.41) is 4.59. The molecule has 0 aromatic heterocycles. The Labute approximate surface area is 187 Å². The van der Waals surface area contributed by atoms with Gasteiger partial charge in [0, 0.05) is 5.92 Å². The lowest BCUT2D eigenvalue weighted by atomic mass is 10.0. The van der Waals surface area contributed by atoms with Crippen molar-refractivity contribution in [2.75, 3.05) is 21.0 Å². The Kier molecular flexibility index (Phi) is 5.58. The molecule has 3 aromatic rings. The molecule has 2 atom stereocenters. The topological polar surface area (TPSA) is 58.5 Å². The molecule has 1 aliphatic heterocycles. The van der Waals surface area contributed by atoms with E-state index in [4.69, 9.17) is 23.8 Å². The normalized spacial score (nSPS) is 18.9. The van der Waals surface area contributed by atoms with Crippen molar-refractivity contribution < 1.29 is 23.8 Å². The van der Waals surface area contributed by atoms with Crippen LogP contribution in [0.2, 0.25) is 0 Å². The van der Waals surface area contributed by atoms with Crippen molar-refractivity contribution in [2.24, 2.45) is 11.1 Å². The minimum atomic E-state index is 0.277. The number of benzene rings is 3. The molecule has 32 heavy (non-hydrogen) atoms. The fourth-order valence-electron chi connectivity index (χ4n) is 4.00. The van der Waals surface area contributed by atoms with Crippen LogP contribution in [0.5, 0.6) is 23.0 Å². The Morgan fingerprint density at radius 1 is 0.875 bits per heavy atom. The molecule has 5 rings (SSSR count). The van der Waals surface area contributed by atoms with Gasteiger partial charge in [0.25, 0.3) is 0 Å². The molecular formula is C26H25NO5. The van der Waals surface area contributed by atoms with Crippen molar-refractivity contribution in [3.63, 3.8) is 0 Å². The summed E-state index contributed by atoms with van der Waals surface area (Å²) in [6.07, 6.45) is 1.01. The Morgan fingerprint density at radius 2 is 1.56 bits per heavy atom. The number of hydrogen-bond acceptors (Lipinski definition) is 6. The third kappa shape index (κ3) is 4.21. The van der Waals surface area contributed by atoms with Crippen LogP contribution in [0, 0.1) is 5.92 Å². The number of fused-ring (bicyclic) bond motifs is 1. The summed E-state index contributed by atoms with van der Waals surface area (Å²) in [6.45, 7) is 0.676. The maximum Gasteiger partial charge on any atom is 0.231 e. The van der Waals surface area contributed by atoms with E-state index in [0.717, 1.165) is 46.3 Å². The van der Waals surface area contributed by atoms with E-state index >= 15 is 0 Å². The first kappa shape index (κ1) is 20.2. The van der Waals surface area contributed by atoms with E-state index < -0.39 is 0 Å². The van der Waals surface area contributed by atoms with Crippen molar-refractivity contribution >= 4 is 5.71 Å². The van der Waals surface area contributed by atoms with Gasteiger partial charge >= 0.3 is 0 Å². The lowest BCUT2D eigenvalue weighted by Gasteiger charge is -2.09. The molecule has 1 heterocycles. The number of hydrogen-bond donors (Lipinski definition) is 0. The highest BCUT2D eigenvalue weighted by Crippen LogP contribution is 2.51. The lowest BCUT2D eigenvalue weighted by molar-refractivity contribution is 0.130.